The summed E-state index contributed by atoms with van der Waals surface area (Å²) in [6, 6.07) is 6.46. The number of phenols is 1. The maximum absolute atomic E-state index is 9.03. The highest BCUT2D eigenvalue weighted by atomic mass is 32.1. The standard InChI is InChI=1S/C8H11N3OS/c1-10-8(13)11(9)6-2-4-7(12)5-3-6/h2-5,12H,9H2,1H3,(H,10,13). The lowest BCUT2D eigenvalue weighted by Gasteiger charge is -2.18. The summed E-state index contributed by atoms with van der Waals surface area (Å²) in [5, 5.41) is 13.5. The van der Waals surface area contributed by atoms with Gasteiger partial charge in [0.1, 0.15) is 5.75 Å². The number of nitrogens with two attached hydrogens (primary N) is 1. The Morgan fingerprint density at radius 3 is 2.46 bits per heavy atom. The molecule has 0 aromatic heterocycles. The summed E-state index contributed by atoms with van der Waals surface area (Å²) < 4.78 is 0. The van der Waals surface area contributed by atoms with Crippen molar-refractivity contribution in [1.82, 2.24) is 5.32 Å². The van der Waals surface area contributed by atoms with Gasteiger partial charge in [-0.3, -0.25) is 5.01 Å². The van der Waals surface area contributed by atoms with Crippen molar-refractivity contribution in [3.05, 3.63) is 24.3 Å². The molecule has 0 saturated heterocycles. The van der Waals surface area contributed by atoms with Crippen LogP contribution in [0.15, 0.2) is 24.3 Å². The van der Waals surface area contributed by atoms with Crippen molar-refractivity contribution in [2.24, 2.45) is 5.84 Å². The second-order valence-corrected chi connectivity index (χ2v) is 2.83. The summed E-state index contributed by atoms with van der Waals surface area (Å²) in [5.74, 6) is 5.85. The number of nitrogens with zero attached hydrogens (tertiary/aromatic N) is 1. The van der Waals surface area contributed by atoms with E-state index in [1.165, 1.54) is 5.01 Å². The third kappa shape index (κ3) is 2.30. The lowest BCUT2D eigenvalue weighted by atomic mass is 10.3. The molecule has 5 heteroatoms. The summed E-state index contributed by atoms with van der Waals surface area (Å²) in [6.45, 7) is 0. The van der Waals surface area contributed by atoms with Crippen LogP contribution in [0, 0.1) is 0 Å². The summed E-state index contributed by atoms with van der Waals surface area (Å²) >= 11 is 4.92. The van der Waals surface area contributed by atoms with Crippen LogP contribution in [0.5, 0.6) is 5.75 Å². The van der Waals surface area contributed by atoms with E-state index in [9.17, 15) is 0 Å². The van der Waals surface area contributed by atoms with Crippen molar-refractivity contribution in [1.29, 1.82) is 0 Å². The van der Waals surface area contributed by atoms with E-state index in [0.717, 1.165) is 5.69 Å². The van der Waals surface area contributed by atoms with Crippen LogP contribution in [0.1, 0.15) is 0 Å². The molecule has 0 fully saturated rings. The van der Waals surface area contributed by atoms with Crippen LogP contribution >= 0.6 is 12.2 Å². The van der Waals surface area contributed by atoms with Crippen molar-refractivity contribution in [2.75, 3.05) is 12.1 Å². The van der Waals surface area contributed by atoms with E-state index in [0.29, 0.717) is 5.11 Å². The quantitative estimate of drug-likeness (QED) is 0.349. The van der Waals surface area contributed by atoms with E-state index in [-0.39, 0.29) is 5.75 Å². The molecule has 0 unspecified atom stereocenters. The van der Waals surface area contributed by atoms with Crippen LogP contribution in [-0.4, -0.2) is 17.3 Å². The fraction of sp³-hybridized carbons (Fsp3) is 0.125. The lowest BCUT2D eigenvalue weighted by Crippen LogP contribution is -2.43. The number of thiocarbonyl (C=S) groups is 1. The number of anilines is 1. The van der Waals surface area contributed by atoms with Gasteiger partial charge in [-0.15, -0.1) is 0 Å². The largest absolute Gasteiger partial charge is 0.508 e. The zero-order valence-corrected chi connectivity index (χ0v) is 8.01. The fourth-order valence-corrected chi connectivity index (χ4v) is 0.956. The molecule has 0 aliphatic rings. The van der Waals surface area contributed by atoms with Crippen LogP contribution in [0.4, 0.5) is 5.69 Å². The van der Waals surface area contributed by atoms with E-state index >= 15 is 0 Å². The lowest BCUT2D eigenvalue weighted by molar-refractivity contribution is 0.475. The first-order valence-electron chi connectivity index (χ1n) is 3.70. The monoisotopic (exact) mass is 197 g/mol. The first-order valence-corrected chi connectivity index (χ1v) is 4.11. The Bertz CT molecular complexity index is 299. The molecule has 0 spiro atoms. The summed E-state index contributed by atoms with van der Waals surface area (Å²) in [5.41, 5.74) is 0.720. The van der Waals surface area contributed by atoms with Gasteiger partial charge in [-0.2, -0.15) is 0 Å². The summed E-state index contributed by atoms with van der Waals surface area (Å²) in [6.07, 6.45) is 0. The van der Waals surface area contributed by atoms with Gasteiger partial charge in [-0.25, -0.2) is 5.84 Å². The Morgan fingerprint density at radius 2 is 2.00 bits per heavy atom. The molecule has 0 amide bonds. The average Bonchev–Trinajstić information content (AvgIpc) is 2.17. The average molecular weight is 197 g/mol. The van der Waals surface area contributed by atoms with Gasteiger partial charge in [0, 0.05) is 7.05 Å². The topological polar surface area (TPSA) is 61.5 Å². The van der Waals surface area contributed by atoms with Crippen molar-refractivity contribution in [3.8, 4) is 5.75 Å². The first-order chi connectivity index (χ1) is 6.15. The molecule has 1 aromatic rings. The Hall–Kier alpha value is -1.33. The second-order valence-electron chi connectivity index (χ2n) is 2.44. The van der Waals surface area contributed by atoms with Crippen molar-refractivity contribution >= 4 is 23.0 Å². The molecule has 0 aliphatic carbocycles. The molecule has 0 atom stereocenters. The minimum Gasteiger partial charge on any atom is -0.508 e. The minimum atomic E-state index is 0.201. The normalized spacial score (nSPS) is 9.38. The van der Waals surface area contributed by atoms with E-state index < -0.39 is 0 Å². The van der Waals surface area contributed by atoms with Crippen LogP contribution in [-0.2, 0) is 0 Å². The number of hydrogen-bond donors (Lipinski definition) is 3. The highest BCUT2D eigenvalue weighted by Crippen LogP contribution is 2.15. The Morgan fingerprint density at radius 1 is 1.46 bits per heavy atom. The number of nitrogens with one attached hydrogen (secondary N) is 1. The van der Waals surface area contributed by atoms with E-state index in [1.807, 2.05) is 0 Å². The number of rotatable bonds is 1. The van der Waals surface area contributed by atoms with Gasteiger partial charge in [-0.1, -0.05) is 0 Å². The van der Waals surface area contributed by atoms with Gasteiger partial charge in [0.15, 0.2) is 5.11 Å². The van der Waals surface area contributed by atoms with Crippen LogP contribution in [0.3, 0.4) is 0 Å². The van der Waals surface area contributed by atoms with Crippen molar-refractivity contribution < 1.29 is 5.11 Å². The maximum Gasteiger partial charge on any atom is 0.187 e. The van der Waals surface area contributed by atoms with Crippen LogP contribution < -0.4 is 16.2 Å². The SMILES string of the molecule is CNC(=S)N(N)c1ccc(O)cc1. The highest BCUT2D eigenvalue weighted by Gasteiger charge is 2.04. The molecular formula is C8H11N3OS. The molecule has 0 bridgehead atoms. The van der Waals surface area contributed by atoms with Gasteiger partial charge in [0.2, 0.25) is 0 Å². The summed E-state index contributed by atoms with van der Waals surface area (Å²) in [7, 11) is 1.70. The Kier molecular flexibility index (Phi) is 3.05. The number of benzene rings is 1. The molecule has 13 heavy (non-hydrogen) atoms. The predicted molar refractivity (Wildman–Crippen MR) is 56.4 cm³/mol. The van der Waals surface area contributed by atoms with Crippen LogP contribution in [0.25, 0.3) is 0 Å². The number of aromatic hydroxyl groups is 1. The summed E-state index contributed by atoms with van der Waals surface area (Å²) in [4.78, 5) is 0. The van der Waals surface area contributed by atoms with Gasteiger partial charge >= 0.3 is 0 Å². The van der Waals surface area contributed by atoms with E-state index in [4.69, 9.17) is 23.2 Å². The van der Waals surface area contributed by atoms with Crippen molar-refractivity contribution in [2.45, 2.75) is 0 Å². The number of phenolic OH excluding ortho intramolecular Hbond substituents is 1. The molecular weight excluding hydrogens is 186 g/mol. The van der Waals surface area contributed by atoms with Gasteiger partial charge in [-0.05, 0) is 36.5 Å². The Balaban J connectivity index is 2.83. The molecule has 4 N–H and O–H groups in total. The molecule has 4 nitrogen and oxygen atoms in total. The first kappa shape index (κ1) is 9.76. The number of hydrogen-bond acceptors (Lipinski definition) is 3. The Labute approximate surface area is 81.9 Å². The predicted octanol–water partition coefficient (Wildman–Crippen LogP) is 0.577. The van der Waals surface area contributed by atoms with Gasteiger partial charge in [0.05, 0.1) is 5.69 Å². The van der Waals surface area contributed by atoms with Crippen molar-refractivity contribution in [3.63, 3.8) is 0 Å². The molecule has 0 aliphatic heterocycles. The van der Waals surface area contributed by atoms with Gasteiger partial charge < -0.3 is 10.4 Å². The third-order valence-electron chi connectivity index (χ3n) is 1.56. The minimum absolute atomic E-state index is 0.201. The molecule has 0 saturated carbocycles. The second kappa shape index (κ2) is 4.06. The molecule has 1 aromatic carbocycles. The maximum atomic E-state index is 9.03. The van der Waals surface area contributed by atoms with E-state index in [1.54, 1.807) is 31.3 Å². The molecule has 70 valence electrons. The van der Waals surface area contributed by atoms with E-state index in [2.05, 4.69) is 5.32 Å². The smallest absolute Gasteiger partial charge is 0.187 e. The third-order valence-corrected chi connectivity index (χ3v) is 1.96. The zero-order chi connectivity index (χ0) is 9.84. The molecule has 1 rings (SSSR count). The zero-order valence-electron chi connectivity index (χ0n) is 7.19. The number of hydrazine groups is 1. The van der Waals surface area contributed by atoms with Crippen LogP contribution in [0.2, 0.25) is 0 Å². The molecule has 0 heterocycles. The van der Waals surface area contributed by atoms with Gasteiger partial charge in [0.25, 0.3) is 0 Å². The molecule has 0 radical (unpaired) electrons. The highest BCUT2D eigenvalue weighted by molar-refractivity contribution is 7.80. The fourth-order valence-electron chi connectivity index (χ4n) is 0.851.